The lowest BCUT2D eigenvalue weighted by atomic mass is 10.1. The van der Waals surface area contributed by atoms with E-state index >= 15 is 0 Å². The van der Waals surface area contributed by atoms with Gasteiger partial charge < -0.3 is 5.11 Å². The van der Waals surface area contributed by atoms with Gasteiger partial charge in [-0.1, -0.05) is 30.3 Å². The van der Waals surface area contributed by atoms with Crippen molar-refractivity contribution in [2.75, 3.05) is 0 Å². The summed E-state index contributed by atoms with van der Waals surface area (Å²) in [6, 6.07) is 13.2. The van der Waals surface area contributed by atoms with Crippen molar-refractivity contribution in [1.82, 2.24) is 0 Å². The Balaban J connectivity index is 2.16. The van der Waals surface area contributed by atoms with E-state index in [0.29, 0.717) is 16.2 Å². The zero-order valence-electron chi connectivity index (χ0n) is 9.47. The molecule has 18 heavy (non-hydrogen) atoms. The third-order valence-electron chi connectivity index (χ3n) is 2.47. The Hall–Kier alpha value is -1.81. The molecule has 4 heteroatoms. The highest BCUT2D eigenvalue weighted by atomic mass is 32.2. The number of thioether (sulfide) groups is 1. The SMILES string of the molecule is O=C(O)c1ccccc1CSc1ccccc1F. The van der Waals surface area contributed by atoms with E-state index < -0.39 is 5.97 Å². The van der Waals surface area contributed by atoms with Gasteiger partial charge in [-0.05, 0) is 23.8 Å². The highest BCUT2D eigenvalue weighted by molar-refractivity contribution is 7.98. The average molecular weight is 262 g/mol. The Morgan fingerprint density at radius 2 is 1.78 bits per heavy atom. The zero-order valence-corrected chi connectivity index (χ0v) is 10.3. The van der Waals surface area contributed by atoms with Crippen LogP contribution < -0.4 is 0 Å². The standard InChI is InChI=1S/C14H11FO2S/c15-12-7-3-4-8-13(12)18-9-10-5-1-2-6-11(10)14(16)17/h1-8H,9H2,(H,16,17). The number of carboxylic acid groups (broad SMARTS) is 1. The van der Waals surface area contributed by atoms with Gasteiger partial charge in [-0.3, -0.25) is 0 Å². The van der Waals surface area contributed by atoms with Crippen LogP contribution in [0.25, 0.3) is 0 Å². The fraction of sp³-hybridized carbons (Fsp3) is 0.0714. The molecule has 0 saturated heterocycles. The summed E-state index contributed by atoms with van der Waals surface area (Å²) in [5.74, 6) is -0.807. The molecule has 92 valence electrons. The molecule has 0 fully saturated rings. The molecule has 0 bridgehead atoms. The molecule has 0 radical (unpaired) electrons. The number of aromatic carboxylic acids is 1. The van der Waals surface area contributed by atoms with Gasteiger partial charge >= 0.3 is 5.97 Å². The highest BCUT2D eigenvalue weighted by Crippen LogP contribution is 2.26. The van der Waals surface area contributed by atoms with Crippen LogP contribution >= 0.6 is 11.8 Å². The van der Waals surface area contributed by atoms with Gasteiger partial charge in [0.1, 0.15) is 5.82 Å². The first kappa shape index (κ1) is 12.6. The second kappa shape index (κ2) is 5.69. The molecule has 2 rings (SSSR count). The molecule has 2 nitrogen and oxygen atoms in total. The van der Waals surface area contributed by atoms with Crippen LogP contribution in [0.4, 0.5) is 4.39 Å². The summed E-state index contributed by atoms with van der Waals surface area (Å²) in [5, 5.41) is 9.03. The van der Waals surface area contributed by atoms with E-state index in [0.717, 1.165) is 0 Å². The summed E-state index contributed by atoms with van der Waals surface area (Å²) in [6.07, 6.45) is 0. The fourth-order valence-electron chi connectivity index (χ4n) is 1.57. The molecule has 0 saturated carbocycles. The first-order valence-electron chi connectivity index (χ1n) is 5.37. The number of hydrogen-bond acceptors (Lipinski definition) is 2. The number of carboxylic acids is 1. The van der Waals surface area contributed by atoms with E-state index in [-0.39, 0.29) is 11.4 Å². The van der Waals surface area contributed by atoms with Gasteiger partial charge in [0.25, 0.3) is 0 Å². The molecular formula is C14H11FO2S. The molecule has 2 aromatic rings. The van der Waals surface area contributed by atoms with E-state index in [4.69, 9.17) is 5.11 Å². The molecule has 1 N–H and O–H groups in total. The maximum atomic E-state index is 13.4. The molecule has 0 aromatic heterocycles. The lowest BCUT2D eigenvalue weighted by molar-refractivity contribution is 0.0696. The van der Waals surface area contributed by atoms with Gasteiger partial charge in [0.05, 0.1) is 5.56 Å². The second-order valence-electron chi connectivity index (χ2n) is 3.68. The van der Waals surface area contributed by atoms with Gasteiger partial charge in [-0.25, -0.2) is 9.18 Å². The molecule has 0 aliphatic heterocycles. The highest BCUT2D eigenvalue weighted by Gasteiger charge is 2.10. The van der Waals surface area contributed by atoms with Crippen molar-refractivity contribution in [3.8, 4) is 0 Å². The maximum absolute atomic E-state index is 13.4. The summed E-state index contributed by atoms with van der Waals surface area (Å²) in [4.78, 5) is 11.5. The summed E-state index contributed by atoms with van der Waals surface area (Å²) in [5.41, 5.74) is 0.958. The van der Waals surface area contributed by atoms with Crippen molar-refractivity contribution >= 4 is 17.7 Å². The minimum atomic E-state index is -0.959. The summed E-state index contributed by atoms with van der Waals surface area (Å²) >= 11 is 1.29. The molecule has 0 aliphatic rings. The molecule has 2 aromatic carbocycles. The molecule has 0 atom stereocenters. The van der Waals surface area contributed by atoms with Gasteiger partial charge in [-0.2, -0.15) is 0 Å². The van der Waals surface area contributed by atoms with Crippen molar-refractivity contribution < 1.29 is 14.3 Å². The van der Waals surface area contributed by atoms with Crippen LogP contribution in [-0.4, -0.2) is 11.1 Å². The topological polar surface area (TPSA) is 37.3 Å². The van der Waals surface area contributed by atoms with Crippen LogP contribution in [-0.2, 0) is 5.75 Å². The molecular weight excluding hydrogens is 251 g/mol. The van der Waals surface area contributed by atoms with Crippen LogP contribution in [0.2, 0.25) is 0 Å². The van der Waals surface area contributed by atoms with E-state index in [9.17, 15) is 9.18 Å². The number of carbonyl (C=O) groups is 1. The molecule has 0 amide bonds. The lowest BCUT2D eigenvalue weighted by Crippen LogP contribution is -2.00. The lowest BCUT2D eigenvalue weighted by Gasteiger charge is -2.06. The van der Waals surface area contributed by atoms with Crippen molar-refractivity contribution in [3.63, 3.8) is 0 Å². The van der Waals surface area contributed by atoms with Crippen LogP contribution in [0.1, 0.15) is 15.9 Å². The van der Waals surface area contributed by atoms with E-state index in [2.05, 4.69) is 0 Å². The maximum Gasteiger partial charge on any atom is 0.335 e. The zero-order chi connectivity index (χ0) is 13.0. The van der Waals surface area contributed by atoms with Gasteiger partial charge in [0.2, 0.25) is 0 Å². The minimum absolute atomic E-state index is 0.265. The average Bonchev–Trinajstić information content (AvgIpc) is 2.38. The number of rotatable bonds is 4. The first-order valence-corrected chi connectivity index (χ1v) is 6.35. The molecule has 0 aliphatic carbocycles. The minimum Gasteiger partial charge on any atom is -0.478 e. The van der Waals surface area contributed by atoms with Crippen LogP contribution in [0.5, 0.6) is 0 Å². The van der Waals surface area contributed by atoms with Crippen LogP contribution in [0, 0.1) is 5.82 Å². The molecule has 0 heterocycles. The van der Waals surface area contributed by atoms with E-state index in [1.807, 2.05) is 0 Å². The van der Waals surface area contributed by atoms with Crippen molar-refractivity contribution in [3.05, 3.63) is 65.5 Å². The summed E-state index contributed by atoms with van der Waals surface area (Å²) < 4.78 is 13.4. The van der Waals surface area contributed by atoms with Crippen molar-refractivity contribution in [2.45, 2.75) is 10.6 Å². The first-order chi connectivity index (χ1) is 8.68. The Morgan fingerprint density at radius 3 is 2.50 bits per heavy atom. The van der Waals surface area contributed by atoms with E-state index in [1.165, 1.54) is 17.8 Å². The summed E-state index contributed by atoms with van der Waals surface area (Å²) in [6.45, 7) is 0. The quantitative estimate of drug-likeness (QED) is 0.851. The molecule has 0 spiro atoms. The second-order valence-corrected chi connectivity index (χ2v) is 4.70. The van der Waals surface area contributed by atoms with Crippen LogP contribution in [0.3, 0.4) is 0 Å². The largest absolute Gasteiger partial charge is 0.478 e. The number of hydrogen-bond donors (Lipinski definition) is 1. The summed E-state index contributed by atoms with van der Waals surface area (Å²) in [7, 11) is 0. The van der Waals surface area contributed by atoms with Gasteiger partial charge in [-0.15, -0.1) is 11.8 Å². The predicted molar refractivity (Wildman–Crippen MR) is 69.4 cm³/mol. The van der Waals surface area contributed by atoms with Crippen molar-refractivity contribution in [2.24, 2.45) is 0 Å². The normalized spacial score (nSPS) is 10.3. The fourth-order valence-corrected chi connectivity index (χ4v) is 2.52. The van der Waals surface area contributed by atoms with Crippen LogP contribution in [0.15, 0.2) is 53.4 Å². The third-order valence-corrected chi connectivity index (χ3v) is 3.57. The van der Waals surface area contributed by atoms with Crippen molar-refractivity contribution in [1.29, 1.82) is 0 Å². The Labute approximate surface area is 108 Å². The molecule has 0 unspecified atom stereocenters. The van der Waals surface area contributed by atoms with E-state index in [1.54, 1.807) is 42.5 Å². The Bertz CT molecular complexity index is 569. The third kappa shape index (κ3) is 2.90. The van der Waals surface area contributed by atoms with Gasteiger partial charge in [0, 0.05) is 10.6 Å². The monoisotopic (exact) mass is 262 g/mol. The van der Waals surface area contributed by atoms with Gasteiger partial charge in [0.15, 0.2) is 0 Å². The predicted octanol–water partition coefficient (Wildman–Crippen LogP) is 3.82. The Morgan fingerprint density at radius 1 is 1.11 bits per heavy atom. The Kier molecular flexibility index (Phi) is 3.99. The smallest absolute Gasteiger partial charge is 0.335 e. The number of halogens is 1. The number of benzene rings is 2.